The number of amides is 1. The minimum atomic E-state index is 0. The first-order valence-electron chi connectivity index (χ1n) is 8.36. The molecule has 2 rings (SSSR count). The zero-order chi connectivity index (χ0) is 17.4. The Morgan fingerprint density at radius 3 is 2.68 bits per heavy atom. The summed E-state index contributed by atoms with van der Waals surface area (Å²) >= 11 is 1.71. The van der Waals surface area contributed by atoms with Crippen LogP contribution in [-0.4, -0.2) is 69.1 Å². The molecule has 0 spiro atoms. The molecule has 0 bridgehead atoms. The summed E-state index contributed by atoms with van der Waals surface area (Å²) < 4.78 is 5.43. The summed E-state index contributed by atoms with van der Waals surface area (Å²) in [5, 5.41) is 5.45. The normalized spacial score (nSPS) is 15.4. The van der Waals surface area contributed by atoms with Gasteiger partial charge in [-0.3, -0.25) is 4.79 Å². The second-order valence-electron chi connectivity index (χ2n) is 6.30. The van der Waals surface area contributed by atoms with Crippen LogP contribution in [0.15, 0.2) is 22.5 Å². The van der Waals surface area contributed by atoms with Crippen molar-refractivity contribution in [2.45, 2.75) is 19.4 Å². The average molecular weight is 480 g/mol. The van der Waals surface area contributed by atoms with Gasteiger partial charge in [0.2, 0.25) is 5.91 Å². The lowest BCUT2D eigenvalue weighted by molar-refractivity contribution is -0.127. The molecule has 0 radical (unpaired) electrons. The summed E-state index contributed by atoms with van der Waals surface area (Å²) in [6.07, 6.45) is 2.17. The highest BCUT2D eigenvalue weighted by Gasteiger charge is 2.18. The lowest BCUT2D eigenvalue weighted by atomic mass is 10.00. The number of nitrogens with one attached hydrogen (secondary N) is 1. The van der Waals surface area contributed by atoms with Crippen molar-refractivity contribution in [2.24, 2.45) is 10.9 Å². The molecule has 142 valence electrons. The molecule has 2 heterocycles. The van der Waals surface area contributed by atoms with Crippen molar-refractivity contribution in [1.29, 1.82) is 0 Å². The standard InChI is InChI=1S/C17H28N4O2S.HI/c1-20(2)16(22)12-19-17(18-11-15-5-4-10-24-15)21(3)13-14-6-8-23-9-7-14;/h4-5,10,14H,6-9,11-13H2,1-3H3,(H,18,19);1H. The van der Waals surface area contributed by atoms with E-state index in [9.17, 15) is 4.79 Å². The van der Waals surface area contributed by atoms with Gasteiger partial charge in [-0.25, -0.2) is 4.99 Å². The van der Waals surface area contributed by atoms with Gasteiger partial charge in [0.1, 0.15) is 6.54 Å². The lowest BCUT2D eigenvalue weighted by Gasteiger charge is -2.29. The predicted molar refractivity (Wildman–Crippen MR) is 114 cm³/mol. The van der Waals surface area contributed by atoms with Gasteiger partial charge in [-0.1, -0.05) is 6.07 Å². The number of aliphatic imine (C=N–C) groups is 1. The number of nitrogens with zero attached hydrogens (tertiary/aromatic N) is 3. The SMILES string of the molecule is CN(C)C(=O)CN=C(NCc1cccs1)N(C)CC1CCOCC1.I. The third kappa shape index (κ3) is 7.91. The first-order chi connectivity index (χ1) is 11.6. The monoisotopic (exact) mass is 480 g/mol. The Balaban J connectivity index is 0.00000312. The zero-order valence-electron chi connectivity index (χ0n) is 15.2. The molecule has 1 N–H and O–H groups in total. The van der Waals surface area contributed by atoms with Crippen molar-refractivity contribution in [1.82, 2.24) is 15.1 Å². The molecular formula is C17H29IN4O2S. The number of hydrogen-bond donors (Lipinski definition) is 1. The van der Waals surface area contributed by atoms with Crippen molar-refractivity contribution < 1.29 is 9.53 Å². The van der Waals surface area contributed by atoms with Crippen molar-refractivity contribution >= 4 is 47.2 Å². The van der Waals surface area contributed by atoms with Gasteiger partial charge < -0.3 is 19.9 Å². The van der Waals surface area contributed by atoms with Crippen molar-refractivity contribution in [3.05, 3.63) is 22.4 Å². The maximum Gasteiger partial charge on any atom is 0.243 e. The molecule has 0 unspecified atom stereocenters. The van der Waals surface area contributed by atoms with Gasteiger partial charge in [0, 0.05) is 45.8 Å². The Morgan fingerprint density at radius 2 is 2.08 bits per heavy atom. The van der Waals surface area contributed by atoms with Crippen molar-refractivity contribution in [3.63, 3.8) is 0 Å². The summed E-state index contributed by atoms with van der Waals surface area (Å²) in [6.45, 7) is 3.50. The quantitative estimate of drug-likeness (QED) is 0.386. The molecule has 25 heavy (non-hydrogen) atoms. The summed E-state index contributed by atoms with van der Waals surface area (Å²) in [7, 11) is 5.54. The average Bonchev–Trinajstić information content (AvgIpc) is 3.08. The fourth-order valence-corrected chi connectivity index (χ4v) is 3.22. The topological polar surface area (TPSA) is 57.2 Å². The van der Waals surface area contributed by atoms with Gasteiger partial charge in [0.05, 0.1) is 6.54 Å². The van der Waals surface area contributed by atoms with E-state index in [1.807, 2.05) is 13.1 Å². The molecule has 8 heteroatoms. The van der Waals surface area contributed by atoms with E-state index in [1.165, 1.54) is 4.88 Å². The highest BCUT2D eigenvalue weighted by Crippen LogP contribution is 2.15. The van der Waals surface area contributed by atoms with Gasteiger partial charge in [-0.15, -0.1) is 35.3 Å². The van der Waals surface area contributed by atoms with Crippen LogP contribution >= 0.6 is 35.3 Å². The van der Waals surface area contributed by atoms with Crippen LogP contribution < -0.4 is 5.32 Å². The first-order valence-corrected chi connectivity index (χ1v) is 9.24. The predicted octanol–water partition coefficient (Wildman–Crippen LogP) is 2.26. The number of thiophene rings is 1. The van der Waals surface area contributed by atoms with Crippen LogP contribution in [0.3, 0.4) is 0 Å². The minimum Gasteiger partial charge on any atom is -0.381 e. The van der Waals surface area contributed by atoms with Crippen LogP contribution in [0.25, 0.3) is 0 Å². The molecule has 1 saturated heterocycles. The van der Waals surface area contributed by atoms with Crippen LogP contribution in [0.1, 0.15) is 17.7 Å². The highest BCUT2D eigenvalue weighted by molar-refractivity contribution is 14.0. The van der Waals surface area contributed by atoms with Gasteiger partial charge in [-0.05, 0) is 30.2 Å². The first kappa shape index (κ1) is 22.2. The van der Waals surface area contributed by atoms with E-state index in [-0.39, 0.29) is 36.4 Å². The van der Waals surface area contributed by atoms with Crippen molar-refractivity contribution in [3.8, 4) is 0 Å². The van der Waals surface area contributed by atoms with E-state index in [2.05, 4.69) is 26.7 Å². The molecule has 1 aliphatic rings. The molecule has 0 aromatic carbocycles. The summed E-state index contributed by atoms with van der Waals surface area (Å²) in [6, 6.07) is 4.14. The maximum atomic E-state index is 11.9. The Labute approximate surface area is 171 Å². The number of carbonyl (C=O) groups is 1. The van der Waals surface area contributed by atoms with Crippen LogP contribution in [0.5, 0.6) is 0 Å². The fraction of sp³-hybridized carbons (Fsp3) is 0.647. The van der Waals surface area contributed by atoms with Crippen LogP contribution in [0.2, 0.25) is 0 Å². The van der Waals surface area contributed by atoms with E-state index in [4.69, 9.17) is 4.74 Å². The van der Waals surface area contributed by atoms with E-state index < -0.39 is 0 Å². The number of hydrogen-bond acceptors (Lipinski definition) is 4. The van der Waals surface area contributed by atoms with Crippen LogP contribution in [0.4, 0.5) is 0 Å². The zero-order valence-corrected chi connectivity index (χ0v) is 18.4. The van der Waals surface area contributed by atoms with Gasteiger partial charge >= 0.3 is 0 Å². The molecule has 1 aromatic rings. The van der Waals surface area contributed by atoms with Gasteiger partial charge in [-0.2, -0.15) is 0 Å². The molecule has 1 aliphatic heterocycles. The Hall–Kier alpha value is -0.870. The summed E-state index contributed by atoms with van der Waals surface area (Å²) in [4.78, 5) is 21.3. The molecule has 1 fully saturated rings. The van der Waals surface area contributed by atoms with Crippen LogP contribution in [-0.2, 0) is 16.1 Å². The lowest BCUT2D eigenvalue weighted by Crippen LogP contribution is -2.42. The third-order valence-electron chi connectivity index (χ3n) is 4.10. The van der Waals surface area contributed by atoms with E-state index >= 15 is 0 Å². The fourth-order valence-electron chi connectivity index (χ4n) is 2.58. The molecule has 1 aromatic heterocycles. The second kappa shape index (κ2) is 11.7. The molecule has 0 saturated carbocycles. The molecule has 1 amide bonds. The maximum absolute atomic E-state index is 11.9. The molecular weight excluding hydrogens is 451 g/mol. The van der Waals surface area contributed by atoms with Gasteiger partial charge in [0.25, 0.3) is 0 Å². The molecule has 0 aliphatic carbocycles. The number of ether oxygens (including phenoxy) is 1. The van der Waals surface area contributed by atoms with E-state index in [1.54, 1.807) is 30.3 Å². The largest absolute Gasteiger partial charge is 0.381 e. The molecule has 6 nitrogen and oxygen atoms in total. The smallest absolute Gasteiger partial charge is 0.243 e. The number of guanidine groups is 1. The summed E-state index contributed by atoms with van der Waals surface area (Å²) in [5.74, 6) is 1.40. The minimum absolute atomic E-state index is 0. The Morgan fingerprint density at radius 1 is 1.36 bits per heavy atom. The summed E-state index contributed by atoms with van der Waals surface area (Å²) in [5.41, 5.74) is 0. The molecule has 0 atom stereocenters. The number of halogens is 1. The van der Waals surface area contributed by atoms with Gasteiger partial charge in [0.15, 0.2) is 5.96 Å². The number of rotatable bonds is 6. The number of carbonyl (C=O) groups excluding carboxylic acids is 1. The number of likely N-dealkylation sites (N-methyl/N-ethyl adjacent to an activating group) is 1. The Bertz CT molecular complexity index is 531. The van der Waals surface area contributed by atoms with E-state index in [0.29, 0.717) is 5.92 Å². The van der Waals surface area contributed by atoms with Crippen molar-refractivity contribution in [2.75, 3.05) is 47.4 Å². The second-order valence-corrected chi connectivity index (χ2v) is 7.33. The Kier molecular flexibility index (Phi) is 10.4. The third-order valence-corrected chi connectivity index (χ3v) is 4.97. The van der Waals surface area contributed by atoms with E-state index in [0.717, 1.165) is 45.1 Å². The van der Waals surface area contributed by atoms with Crippen LogP contribution in [0, 0.1) is 5.92 Å². The highest BCUT2D eigenvalue weighted by atomic mass is 127.